The highest BCUT2D eigenvalue weighted by molar-refractivity contribution is 5.88. The van der Waals surface area contributed by atoms with Crippen molar-refractivity contribution in [2.45, 2.75) is 39.8 Å². The van der Waals surface area contributed by atoms with Gasteiger partial charge in [-0.2, -0.15) is 0 Å². The number of carbonyl (C=O) groups excluding carboxylic acids is 2. The molecule has 156 valence electrons. The number of pyridine rings is 1. The van der Waals surface area contributed by atoms with Gasteiger partial charge >= 0.3 is 0 Å². The summed E-state index contributed by atoms with van der Waals surface area (Å²) in [5.41, 5.74) is 1.83. The first-order valence-corrected chi connectivity index (χ1v) is 10.0. The first kappa shape index (κ1) is 21.2. The van der Waals surface area contributed by atoms with Crippen LogP contribution in [0.4, 0.5) is 0 Å². The van der Waals surface area contributed by atoms with Gasteiger partial charge in [-0.05, 0) is 36.1 Å². The fourth-order valence-electron chi connectivity index (χ4n) is 3.16. The van der Waals surface area contributed by atoms with Gasteiger partial charge in [-0.1, -0.05) is 44.2 Å². The Morgan fingerprint density at radius 1 is 1.03 bits per heavy atom. The highest BCUT2D eigenvalue weighted by Gasteiger charge is 2.24. The Kier molecular flexibility index (Phi) is 6.95. The minimum absolute atomic E-state index is 0.0358. The molecular weight excluding hydrogens is 378 g/mol. The van der Waals surface area contributed by atoms with Gasteiger partial charge in [0.15, 0.2) is 0 Å². The van der Waals surface area contributed by atoms with E-state index >= 15 is 0 Å². The molecular formula is C23H27N5O2. The summed E-state index contributed by atoms with van der Waals surface area (Å²) >= 11 is 0. The number of rotatable bonds is 8. The second-order valence-electron chi connectivity index (χ2n) is 7.54. The highest BCUT2D eigenvalue weighted by Crippen LogP contribution is 2.10. The van der Waals surface area contributed by atoms with Crippen molar-refractivity contribution in [3.05, 3.63) is 78.0 Å². The first-order chi connectivity index (χ1) is 14.4. The van der Waals surface area contributed by atoms with E-state index in [1.807, 2.05) is 74.0 Å². The van der Waals surface area contributed by atoms with E-state index < -0.39 is 6.04 Å². The number of benzene rings is 1. The molecule has 0 aliphatic heterocycles. The third-order valence-corrected chi connectivity index (χ3v) is 4.82. The molecule has 0 bridgehead atoms. The first-order valence-electron chi connectivity index (χ1n) is 10.0. The summed E-state index contributed by atoms with van der Waals surface area (Å²) in [5.74, 6) is 1.17. The Morgan fingerprint density at radius 3 is 2.47 bits per heavy atom. The second-order valence-corrected chi connectivity index (χ2v) is 7.54. The van der Waals surface area contributed by atoms with E-state index in [4.69, 9.17) is 0 Å². The summed E-state index contributed by atoms with van der Waals surface area (Å²) in [4.78, 5) is 33.7. The van der Waals surface area contributed by atoms with Crippen molar-refractivity contribution in [1.82, 2.24) is 25.2 Å². The number of imidazole rings is 1. The van der Waals surface area contributed by atoms with Crippen molar-refractivity contribution in [2.24, 2.45) is 5.92 Å². The maximum atomic E-state index is 12.8. The van der Waals surface area contributed by atoms with Crippen molar-refractivity contribution < 1.29 is 9.59 Å². The van der Waals surface area contributed by atoms with Crippen LogP contribution in [-0.2, 0) is 22.6 Å². The van der Waals surface area contributed by atoms with E-state index in [0.717, 1.165) is 22.8 Å². The normalized spacial score (nSPS) is 11.9. The number of hydrogen-bond acceptors (Lipinski definition) is 4. The van der Waals surface area contributed by atoms with Crippen molar-refractivity contribution in [3.63, 3.8) is 0 Å². The second kappa shape index (κ2) is 9.82. The molecule has 0 saturated heterocycles. The smallest absolute Gasteiger partial charge is 0.243 e. The zero-order valence-electron chi connectivity index (χ0n) is 17.5. The van der Waals surface area contributed by atoms with E-state index in [2.05, 4.69) is 20.6 Å². The van der Waals surface area contributed by atoms with Gasteiger partial charge < -0.3 is 10.6 Å². The molecule has 7 heteroatoms. The Bertz CT molecular complexity index is 998. The molecule has 7 nitrogen and oxygen atoms in total. The van der Waals surface area contributed by atoms with Crippen LogP contribution < -0.4 is 10.6 Å². The summed E-state index contributed by atoms with van der Waals surface area (Å²) in [6, 6.07) is 12.7. The summed E-state index contributed by atoms with van der Waals surface area (Å²) in [7, 11) is 0. The third-order valence-electron chi connectivity index (χ3n) is 4.82. The fourth-order valence-corrected chi connectivity index (χ4v) is 3.16. The van der Waals surface area contributed by atoms with Crippen LogP contribution in [0.2, 0.25) is 0 Å². The molecule has 0 aliphatic rings. The van der Waals surface area contributed by atoms with Gasteiger partial charge in [0.05, 0.1) is 6.42 Å². The zero-order chi connectivity index (χ0) is 21.5. The minimum atomic E-state index is -0.599. The average Bonchev–Trinajstić information content (AvgIpc) is 3.17. The van der Waals surface area contributed by atoms with Crippen LogP contribution in [0.3, 0.4) is 0 Å². The van der Waals surface area contributed by atoms with Gasteiger partial charge in [-0.25, -0.2) is 9.97 Å². The summed E-state index contributed by atoms with van der Waals surface area (Å²) < 4.78 is 1.88. The maximum absolute atomic E-state index is 12.8. The third kappa shape index (κ3) is 5.53. The number of carbonyl (C=O) groups is 2. The van der Waals surface area contributed by atoms with Gasteiger partial charge in [0.1, 0.15) is 17.7 Å². The quantitative estimate of drug-likeness (QED) is 0.603. The molecule has 1 unspecified atom stereocenters. The van der Waals surface area contributed by atoms with Crippen LogP contribution in [0.5, 0.6) is 0 Å². The minimum Gasteiger partial charge on any atom is -0.350 e. The Balaban J connectivity index is 1.60. The lowest BCUT2D eigenvalue weighted by atomic mass is 10.0. The van der Waals surface area contributed by atoms with Crippen LogP contribution in [0, 0.1) is 12.8 Å². The molecule has 2 amide bonds. The van der Waals surface area contributed by atoms with Crippen LogP contribution in [0.15, 0.2) is 61.1 Å². The number of hydrogen-bond donors (Lipinski definition) is 2. The van der Waals surface area contributed by atoms with Gasteiger partial charge in [0, 0.05) is 25.1 Å². The average molecular weight is 406 g/mol. The number of aromatic nitrogens is 3. The van der Waals surface area contributed by atoms with Gasteiger partial charge in [-0.15, -0.1) is 0 Å². The molecule has 0 aliphatic carbocycles. The summed E-state index contributed by atoms with van der Waals surface area (Å²) in [5, 5.41) is 5.80. The van der Waals surface area contributed by atoms with Gasteiger partial charge in [0.25, 0.3) is 0 Å². The summed E-state index contributed by atoms with van der Waals surface area (Å²) in [6.45, 7) is 6.08. The fraction of sp³-hybridized carbons (Fsp3) is 0.304. The lowest BCUT2D eigenvalue weighted by Crippen LogP contribution is -2.49. The molecule has 2 N–H and O–H groups in total. The van der Waals surface area contributed by atoms with E-state index in [1.54, 1.807) is 12.4 Å². The van der Waals surface area contributed by atoms with Crippen molar-refractivity contribution in [1.29, 1.82) is 0 Å². The highest BCUT2D eigenvalue weighted by atomic mass is 16.2. The standard InChI is InChI=1S/C23H27N5O2/c1-16(2)22(27-21(29)14-18-7-5-4-6-8-18)23(30)26-15-19-9-10-25-20(13-19)28-12-11-24-17(28)3/h4-13,16,22H,14-15H2,1-3H3,(H,26,30)(H,27,29). The van der Waals surface area contributed by atoms with Crippen LogP contribution in [0.25, 0.3) is 5.82 Å². The molecule has 1 atom stereocenters. The van der Waals surface area contributed by atoms with E-state index in [0.29, 0.717) is 6.54 Å². The van der Waals surface area contributed by atoms with E-state index in [1.165, 1.54) is 0 Å². The molecule has 0 radical (unpaired) electrons. The topological polar surface area (TPSA) is 88.9 Å². The van der Waals surface area contributed by atoms with Gasteiger partial charge in [0.2, 0.25) is 11.8 Å². The van der Waals surface area contributed by atoms with Crippen LogP contribution in [-0.4, -0.2) is 32.4 Å². The Morgan fingerprint density at radius 2 is 1.80 bits per heavy atom. The largest absolute Gasteiger partial charge is 0.350 e. The lowest BCUT2D eigenvalue weighted by Gasteiger charge is -2.22. The molecule has 1 aromatic carbocycles. The van der Waals surface area contributed by atoms with Gasteiger partial charge in [-0.3, -0.25) is 14.2 Å². The van der Waals surface area contributed by atoms with Crippen molar-refractivity contribution >= 4 is 11.8 Å². The Labute approximate surface area is 176 Å². The molecule has 0 spiro atoms. The van der Waals surface area contributed by atoms with Crippen LogP contribution in [0.1, 0.15) is 30.8 Å². The molecule has 0 saturated carbocycles. The van der Waals surface area contributed by atoms with E-state index in [9.17, 15) is 9.59 Å². The molecule has 2 heterocycles. The van der Waals surface area contributed by atoms with Crippen molar-refractivity contribution in [3.8, 4) is 5.82 Å². The number of aryl methyl sites for hydroxylation is 1. The lowest BCUT2D eigenvalue weighted by molar-refractivity contribution is -0.129. The molecule has 2 aromatic heterocycles. The maximum Gasteiger partial charge on any atom is 0.243 e. The molecule has 3 aromatic rings. The number of amides is 2. The predicted molar refractivity (Wildman–Crippen MR) is 115 cm³/mol. The van der Waals surface area contributed by atoms with Crippen molar-refractivity contribution in [2.75, 3.05) is 0 Å². The van der Waals surface area contributed by atoms with Crippen LogP contribution >= 0.6 is 0 Å². The predicted octanol–water partition coefficient (Wildman–Crippen LogP) is 2.58. The Hall–Kier alpha value is -3.48. The van der Waals surface area contributed by atoms with E-state index in [-0.39, 0.29) is 24.2 Å². The SMILES string of the molecule is Cc1nccn1-c1cc(CNC(=O)C(NC(=O)Cc2ccccc2)C(C)C)ccn1. The number of nitrogens with zero attached hydrogens (tertiary/aromatic N) is 3. The summed E-state index contributed by atoms with van der Waals surface area (Å²) in [6.07, 6.45) is 5.51. The monoisotopic (exact) mass is 405 g/mol. The molecule has 0 fully saturated rings. The molecule has 30 heavy (non-hydrogen) atoms. The zero-order valence-corrected chi connectivity index (χ0v) is 17.5. The molecule has 3 rings (SSSR count). The number of nitrogens with one attached hydrogen (secondary N) is 2.